The molecule has 4 nitrogen and oxygen atoms in total. The van der Waals surface area contributed by atoms with E-state index in [9.17, 15) is 5.11 Å². The molecular formula is C16H19NO3S. The van der Waals surface area contributed by atoms with Crippen molar-refractivity contribution in [2.24, 2.45) is 0 Å². The van der Waals surface area contributed by atoms with Gasteiger partial charge in [-0.25, -0.2) is 0 Å². The van der Waals surface area contributed by atoms with E-state index in [1.807, 2.05) is 0 Å². The van der Waals surface area contributed by atoms with Crippen molar-refractivity contribution in [1.29, 1.82) is 0 Å². The van der Waals surface area contributed by atoms with Crippen LogP contribution in [0.3, 0.4) is 0 Å². The van der Waals surface area contributed by atoms with E-state index in [0.29, 0.717) is 25.4 Å². The fourth-order valence-electron chi connectivity index (χ4n) is 2.62. The number of rotatable bonds is 3. The first kappa shape index (κ1) is 14.4. The van der Waals surface area contributed by atoms with Crippen LogP contribution >= 0.6 is 11.3 Å². The van der Waals surface area contributed by atoms with Gasteiger partial charge in [-0.05, 0) is 36.8 Å². The molecule has 21 heavy (non-hydrogen) atoms. The van der Waals surface area contributed by atoms with Crippen LogP contribution in [-0.4, -0.2) is 41.4 Å². The number of aromatic hydroxyl groups is 1. The molecule has 0 unspecified atom stereocenters. The van der Waals surface area contributed by atoms with Gasteiger partial charge in [0.2, 0.25) is 0 Å². The van der Waals surface area contributed by atoms with Crippen LogP contribution < -0.4 is 4.74 Å². The number of nitrogens with zero attached hydrogens (tertiary/aromatic N) is 1. The summed E-state index contributed by atoms with van der Waals surface area (Å²) in [6.07, 6.45) is 0. The number of phenolic OH excluding ortho intramolecular Hbond substituents is 1. The van der Waals surface area contributed by atoms with E-state index in [1.165, 1.54) is 4.88 Å². The van der Waals surface area contributed by atoms with E-state index in [-0.39, 0.29) is 12.4 Å². The molecule has 0 aliphatic carbocycles. The lowest BCUT2D eigenvalue weighted by atomic mass is 10.1. The zero-order valence-electron chi connectivity index (χ0n) is 12.0. The third-order valence-electron chi connectivity index (χ3n) is 3.64. The Bertz CT molecular complexity index is 638. The van der Waals surface area contributed by atoms with Crippen molar-refractivity contribution in [2.75, 3.05) is 26.3 Å². The summed E-state index contributed by atoms with van der Waals surface area (Å²) >= 11 is 1.71. The quantitative estimate of drug-likeness (QED) is 0.915. The molecule has 0 fully saturated rings. The minimum Gasteiger partial charge on any atom is -0.504 e. The second kappa shape index (κ2) is 6.05. The molecule has 0 radical (unpaired) electrons. The fourth-order valence-corrected chi connectivity index (χ4v) is 3.47. The summed E-state index contributed by atoms with van der Waals surface area (Å²) in [5, 5.41) is 19.4. The van der Waals surface area contributed by atoms with E-state index >= 15 is 0 Å². The van der Waals surface area contributed by atoms with Crippen LogP contribution in [0.4, 0.5) is 0 Å². The van der Waals surface area contributed by atoms with Crippen molar-refractivity contribution in [3.05, 3.63) is 34.7 Å². The second-order valence-electron chi connectivity index (χ2n) is 5.24. The standard InChI is InChI=1S/C16H19NO3S/c1-11-2-3-15(21-11)12-8-13-10-17(4-6-18)5-7-20-16(13)14(19)9-12/h2-3,8-9,18-19H,4-7,10H2,1H3. The van der Waals surface area contributed by atoms with E-state index < -0.39 is 0 Å². The lowest BCUT2D eigenvalue weighted by Gasteiger charge is -2.17. The van der Waals surface area contributed by atoms with Gasteiger partial charge >= 0.3 is 0 Å². The number of aliphatic hydroxyl groups excluding tert-OH is 1. The molecule has 2 heterocycles. The lowest BCUT2D eigenvalue weighted by molar-refractivity contribution is 0.176. The molecule has 2 N–H and O–H groups in total. The maximum atomic E-state index is 10.3. The highest BCUT2D eigenvalue weighted by atomic mass is 32.1. The highest BCUT2D eigenvalue weighted by molar-refractivity contribution is 7.15. The summed E-state index contributed by atoms with van der Waals surface area (Å²) in [6.45, 7) is 4.78. The Balaban J connectivity index is 1.98. The average Bonchev–Trinajstić information content (AvgIpc) is 2.77. The van der Waals surface area contributed by atoms with Crippen LogP contribution in [0.5, 0.6) is 11.5 Å². The first-order valence-corrected chi connectivity index (χ1v) is 7.87. The maximum Gasteiger partial charge on any atom is 0.165 e. The van der Waals surface area contributed by atoms with Gasteiger partial charge in [0.25, 0.3) is 0 Å². The number of aryl methyl sites for hydroxylation is 1. The average molecular weight is 305 g/mol. The summed E-state index contributed by atoms with van der Waals surface area (Å²) in [5.74, 6) is 0.770. The summed E-state index contributed by atoms with van der Waals surface area (Å²) in [6, 6.07) is 8.00. The van der Waals surface area contributed by atoms with Gasteiger partial charge in [0.15, 0.2) is 11.5 Å². The molecule has 1 aromatic carbocycles. The Morgan fingerprint density at radius 1 is 1.33 bits per heavy atom. The fraction of sp³-hybridized carbons (Fsp3) is 0.375. The van der Waals surface area contributed by atoms with E-state index in [0.717, 1.165) is 22.5 Å². The Morgan fingerprint density at radius 3 is 2.90 bits per heavy atom. The van der Waals surface area contributed by atoms with Crippen LogP contribution in [0.2, 0.25) is 0 Å². The van der Waals surface area contributed by atoms with Crippen LogP contribution in [-0.2, 0) is 6.54 Å². The van der Waals surface area contributed by atoms with Crippen LogP contribution in [0.25, 0.3) is 10.4 Å². The first-order valence-electron chi connectivity index (χ1n) is 7.06. The molecule has 0 saturated carbocycles. The van der Waals surface area contributed by atoms with Gasteiger partial charge in [-0.2, -0.15) is 0 Å². The topological polar surface area (TPSA) is 52.9 Å². The summed E-state index contributed by atoms with van der Waals surface area (Å²) < 4.78 is 5.68. The number of phenols is 1. The number of fused-ring (bicyclic) bond motifs is 1. The molecule has 1 aliphatic heterocycles. The van der Waals surface area contributed by atoms with Crippen LogP contribution in [0, 0.1) is 6.92 Å². The molecule has 1 aliphatic rings. The number of ether oxygens (including phenoxy) is 1. The van der Waals surface area contributed by atoms with Gasteiger partial charge in [-0.1, -0.05) is 0 Å². The molecule has 0 saturated heterocycles. The number of benzene rings is 1. The number of β-amino-alcohol motifs (C(OH)–C–C–N with tert-alkyl or cyclic N) is 1. The number of hydrogen-bond donors (Lipinski definition) is 2. The van der Waals surface area contributed by atoms with Gasteiger partial charge in [-0.15, -0.1) is 11.3 Å². The Kier molecular flexibility index (Phi) is 4.14. The van der Waals surface area contributed by atoms with E-state index in [1.54, 1.807) is 17.4 Å². The molecule has 112 valence electrons. The van der Waals surface area contributed by atoms with Crippen molar-refractivity contribution in [1.82, 2.24) is 4.90 Å². The summed E-state index contributed by atoms with van der Waals surface area (Å²) in [5.41, 5.74) is 1.99. The largest absolute Gasteiger partial charge is 0.504 e. The molecule has 1 aromatic heterocycles. The first-order chi connectivity index (χ1) is 10.2. The van der Waals surface area contributed by atoms with Crippen LogP contribution in [0.15, 0.2) is 24.3 Å². The van der Waals surface area contributed by atoms with Gasteiger partial charge < -0.3 is 14.9 Å². The minimum absolute atomic E-state index is 0.130. The molecule has 0 bridgehead atoms. The monoisotopic (exact) mass is 305 g/mol. The SMILES string of the molecule is Cc1ccc(-c2cc(O)c3c(c2)CN(CCO)CCO3)s1. The zero-order valence-corrected chi connectivity index (χ0v) is 12.8. The van der Waals surface area contributed by atoms with Crippen LogP contribution in [0.1, 0.15) is 10.4 Å². The predicted octanol–water partition coefficient (Wildman–Crippen LogP) is 2.62. The number of aliphatic hydroxyl groups is 1. The number of thiophene rings is 1. The van der Waals surface area contributed by atoms with Crippen molar-refractivity contribution in [3.63, 3.8) is 0 Å². The Hall–Kier alpha value is -1.56. The molecule has 5 heteroatoms. The van der Waals surface area contributed by atoms with E-state index in [4.69, 9.17) is 9.84 Å². The van der Waals surface area contributed by atoms with Gasteiger partial charge in [-0.3, -0.25) is 4.90 Å². The smallest absolute Gasteiger partial charge is 0.165 e. The summed E-state index contributed by atoms with van der Waals surface area (Å²) in [4.78, 5) is 4.52. The van der Waals surface area contributed by atoms with Gasteiger partial charge in [0, 0.05) is 35.0 Å². The third kappa shape index (κ3) is 3.05. The third-order valence-corrected chi connectivity index (χ3v) is 4.68. The predicted molar refractivity (Wildman–Crippen MR) is 84.0 cm³/mol. The van der Waals surface area contributed by atoms with Crippen molar-refractivity contribution < 1.29 is 14.9 Å². The Labute approximate surface area is 128 Å². The maximum absolute atomic E-state index is 10.3. The molecular weight excluding hydrogens is 286 g/mol. The molecule has 2 aromatic rings. The summed E-state index contributed by atoms with van der Waals surface area (Å²) in [7, 11) is 0. The van der Waals surface area contributed by atoms with E-state index in [2.05, 4.69) is 30.0 Å². The van der Waals surface area contributed by atoms with Gasteiger partial charge in [0.05, 0.1) is 6.61 Å². The highest BCUT2D eigenvalue weighted by Gasteiger charge is 2.19. The van der Waals surface area contributed by atoms with Crippen molar-refractivity contribution in [2.45, 2.75) is 13.5 Å². The minimum atomic E-state index is 0.130. The Morgan fingerprint density at radius 2 is 2.19 bits per heavy atom. The normalized spacial score (nSPS) is 15.3. The zero-order chi connectivity index (χ0) is 14.8. The van der Waals surface area contributed by atoms with Gasteiger partial charge in [0.1, 0.15) is 6.61 Å². The molecule has 3 rings (SSSR count). The second-order valence-corrected chi connectivity index (χ2v) is 6.53. The molecule has 0 atom stereocenters. The van der Waals surface area contributed by atoms with Crippen molar-refractivity contribution >= 4 is 11.3 Å². The molecule has 0 amide bonds. The molecule has 0 spiro atoms. The van der Waals surface area contributed by atoms with Crippen molar-refractivity contribution in [3.8, 4) is 21.9 Å². The lowest BCUT2D eigenvalue weighted by Crippen LogP contribution is -2.28. The number of hydrogen-bond acceptors (Lipinski definition) is 5. The highest BCUT2D eigenvalue weighted by Crippen LogP contribution is 2.39.